The summed E-state index contributed by atoms with van der Waals surface area (Å²) in [5, 5.41) is 0. The van der Waals surface area contributed by atoms with Gasteiger partial charge in [-0.15, -0.1) is 0 Å². The Hall–Kier alpha value is -0.660. The average Bonchev–Trinajstić information content (AvgIpc) is 2.92. The molecular weight excluding hydrogens is 308 g/mol. The Morgan fingerprint density at radius 3 is 2.04 bits per heavy atom. The Labute approximate surface area is 154 Å². The number of carbonyl (C=O) groups is 2. The summed E-state index contributed by atoms with van der Waals surface area (Å²) in [6.07, 6.45) is 17.3. The van der Waals surface area contributed by atoms with E-state index in [-0.39, 0.29) is 23.9 Å². The zero-order valence-corrected chi connectivity index (χ0v) is 16.3. The standard InChI is InChI=1S/C23H38O2/c1-17-6-2-3-7-18(14-17)15-22(24)16-23(25)21-12-10-19-8-4-5-9-20(19)11-13-21/h17-21H,2-16H2,1H3. The lowest BCUT2D eigenvalue weighted by molar-refractivity contribution is -0.130. The van der Waals surface area contributed by atoms with Crippen LogP contribution in [-0.2, 0) is 9.59 Å². The normalized spacial score (nSPS) is 36.8. The first-order valence-electron chi connectivity index (χ1n) is 11.2. The van der Waals surface area contributed by atoms with E-state index in [1.54, 1.807) is 0 Å². The second kappa shape index (κ2) is 9.33. The maximum atomic E-state index is 12.7. The van der Waals surface area contributed by atoms with E-state index in [0.29, 0.717) is 12.3 Å². The van der Waals surface area contributed by atoms with Crippen LogP contribution in [0.3, 0.4) is 0 Å². The molecule has 142 valence electrons. The molecule has 0 aromatic heterocycles. The molecule has 3 saturated carbocycles. The minimum atomic E-state index is 0.183. The third-order valence-corrected chi connectivity index (χ3v) is 7.48. The van der Waals surface area contributed by atoms with Crippen LogP contribution in [0.5, 0.6) is 0 Å². The van der Waals surface area contributed by atoms with Crippen molar-refractivity contribution < 1.29 is 9.59 Å². The zero-order chi connectivity index (χ0) is 17.6. The van der Waals surface area contributed by atoms with E-state index in [9.17, 15) is 9.59 Å². The SMILES string of the molecule is CC1CCCCC(CC(=O)CC(=O)C2CCC3CCCCC3CC2)C1. The first-order valence-corrected chi connectivity index (χ1v) is 11.2. The molecule has 4 atom stereocenters. The molecule has 0 aromatic carbocycles. The van der Waals surface area contributed by atoms with Gasteiger partial charge in [0.2, 0.25) is 0 Å². The van der Waals surface area contributed by atoms with Crippen LogP contribution < -0.4 is 0 Å². The van der Waals surface area contributed by atoms with Gasteiger partial charge in [0, 0.05) is 12.3 Å². The molecule has 0 N–H and O–H groups in total. The van der Waals surface area contributed by atoms with Gasteiger partial charge in [0.05, 0.1) is 6.42 Å². The lowest BCUT2D eigenvalue weighted by Crippen LogP contribution is -2.20. The minimum absolute atomic E-state index is 0.183. The van der Waals surface area contributed by atoms with Gasteiger partial charge in [-0.05, 0) is 55.8 Å². The summed E-state index contributed by atoms with van der Waals surface area (Å²) in [6.45, 7) is 2.32. The van der Waals surface area contributed by atoms with Crippen LogP contribution in [0, 0.1) is 29.6 Å². The number of fused-ring (bicyclic) bond motifs is 1. The zero-order valence-electron chi connectivity index (χ0n) is 16.3. The van der Waals surface area contributed by atoms with Crippen LogP contribution in [0.25, 0.3) is 0 Å². The quantitative estimate of drug-likeness (QED) is 0.444. The molecule has 0 radical (unpaired) electrons. The van der Waals surface area contributed by atoms with Gasteiger partial charge in [0.15, 0.2) is 0 Å². The molecule has 0 heterocycles. The third-order valence-electron chi connectivity index (χ3n) is 7.48. The Bertz CT molecular complexity index is 439. The van der Waals surface area contributed by atoms with Crippen molar-refractivity contribution >= 4 is 11.6 Å². The maximum absolute atomic E-state index is 12.7. The van der Waals surface area contributed by atoms with Crippen molar-refractivity contribution in [2.45, 2.75) is 103 Å². The fourth-order valence-electron chi connectivity index (χ4n) is 5.99. The molecule has 0 aromatic rings. The fourth-order valence-corrected chi connectivity index (χ4v) is 5.99. The summed E-state index contributed by atoms with van der Waals surface area (Å²) in [4.78, 5) is 25.2. The summed E-state index contributed by atoms with van der Waals surface area (Å²) in [6, 6.07) is 0. The third kappa shape index (κ3) is 5.66. The molecule has 3 rings (SSSR count). The van der Waals surface area contributed by atoms with E-state index in [2.05, 4.69) is 6.92 Å². The predicted octanol–water partition coefficient (Wildman–Crippen LogP) is 6.12. The molecule has 25 heavy (non-hydrogen) atoms. The highest BCUT2D eigenvalue weighted by molar-refractivity contribution is 6.00. The summed E-state index contributed by atoms with van der Waals surface area (Å²) < 4.78 is 0. The topological polar surface area (TPSA) is 34.1 Å². The first-order chi connectivity index (χ1) is 12.1. The molecule has 2 nitrogen and oxygen atoms in total. The number of ketones is 2. The second-order valence-corrected chi connectivity index (χ2v) is 9.53. The molecule has 3 aliphatic carbocycles. The molecule has 0 amide bonds. The Kier molecular flexibility index (Phi) is 7.13. The van der Waals surface area contributed by atoms with Crippen LogP contribution in [0.2, 0.25) is 0 Å². The number of rotatable bonds is 5. The summed E-state index contributed by atoms with van der Waals surface area (Å²) in [5.41, 5.74) is 0. The van der Waals surface area contributed by atoms with Crippen molar-refractivity contribution in [2.24, 2.45) is 29.6 Å². The molecule has 0 bridgehead atoms. The van der Waals surface area contributed by atoms with Gasteiger partial charge < -0.3 is 0 Å². The van der Waals surface area contributed by atoms with Crippen LogP contribution in [0.15, 0.2) is 0 Å². The summed E-state index contributed by atoms with van der Waals surface area (Å²) >= 11 is 0. The molecule has 0 saturated heterocycles. The Morgan fingerprint density at radius 1 is 0.760 bits per heavy atom. The molecular formula is C23H38O2. The highest BCUT2D eigenvalue weighted by atomic mass is 16.1. The van der Waals surface area contributed by atoms with Crippen LogP contribution in [0.1, 0.15) is 103 Å². The van der Waals surface area contributed by atoms with Crippen LogP contribution >= 0.6 is 0 Å². The number of hydrogen-bond acceptors (Lipinski definition) is 2. The predicted molar refractivity (Wildman–Crippen MR) is 102 cm³/mol. The second-order valence-electron chi connectivity index (χ2n) is 9.53. The molecule has 4 unspecified atom stereocenters. The molecule has 0 spiro atoms. The fraction of sp³-hybridized carbons (Fsp3) is 0.913. The van der Waals surface area contributed by atoms with Gasteiger partial charge in [0.25, 0.3) is 0 Å². The summed E-state index contributed by atoms with van der Waals surface area (Å²) in [5.74, 6) is 3.71. The molecule has 2 heteroatoms. The molecule has 3 fully saturated rings. The van der Waals surface area contributed by atoms with E-state index >= 15 is 0 Å². The number of Topliss-reactive ketones (excluding diaryl/α,β-unsaturated/α-hetero) is 2. The lowest BCUT2D eigenvalue weighted by atomic mass is 9.77. The Morgan fingerprint density at radius 2 is 1.36 bits per heavy atom. The van der Waals surface area contributed by atoms with E-state index < -0.39 is 0 Å². The van der Waals surface area contributed by atoms with Gasteiger partial charge >= 0.3 is 0 Å². The minimum Gasteiger partial charge on any atom is -0.299 e. The average molecular weight is 347 g/mol. The molecule has 0 aliphatic heterocycles. The largest absolute Gasteiger partial charge is 0.299 e. The van der Waals surface area contributed by atoms with E-state index in [1.807, 2.05) is 0 Å². The highest BCUT2D eigenvalue weighted by Gasteiger charge is 2.32. The Balaban J connectivity index is 1.45. The lowest BCUT2D eigenvalue weighted by Gasteiger charge is -2.29. The number of hydrogen-bond donors (Lipinski definition) is 0. The van der Waals surface area contributed by atoms with Crippen LogP contribution in [0.4, 0.5) is 0 Å². The van der Waals surface area contributed by atoms with Crippen molar-refractivity contribution in [2.75, 3.05) is 0 Å². The molecule has 3 aliphatic rings. The van der Waals surface area contributed by atoms with Crippen molar-refractivity contribution in [3.8, 4) is 0 Å². The van der Waals surface area contributed by atoms with Crippen molar-refractivity contribution in [1.29, 1.82) is 0 Å². The van der Waals surface area contributed by atoms with E-state index in [1.165, 1.54) is 70.6 Å². The highest BCUT2D eigenvalue weighted by Crippen LogP contribution is 2.41. The van der Waals surface area contributed by atoms with Gasteiger partial charge in [-0.3, -0.25) is 9.59 Å². The van der Waals surface area contributed by atoms with Gasteiger partial charge in [-0.2, -0.15) is 0 Å². The van der Waals surface area contributed by atoms with Crippen molar-refractivity contribution in [3.63, 3.8) is 0 Å². The van der Waals surface area contributed by atoms with Gasteiger partial charge in [-0.1, -0.05) is 58.3 Å². The van der Waals surface area contributed by atoms with Crippen molar-refractivity contribution in [3.05, 3.63) is 0 Å². The maximum Gasteiger partial charge on any atom is 0.143 e. The van der Waals surface area contributed by atoms with E-state index in [0.717, 1.165) is 30.6 Å². The number of carbonyl (C=O) groups excluding carboxylic acids is 2. The monoisotopic (exact) mass is 346 g/mol. The summed E-state index contributed by atoms with van der Waals surface area (Å²) in [7, 11) is 0. The first kappa shape index (κ1) is 19.1. The van der Waals surface area contributed by atoms with Crippen molar-refractivity contribution in [1.82, 2.24) is 0 Å². The van der Waals surface area contributed by atoms with Gasteiger partial charge in [-0.25, -0.2) is 0 Å². The van der Waals surface area contributed by atoms with Gasteiger partial charge in [0.1, 0.15) is 11.6 Å². The van der Waals surface area contributed by atoms with Crippen LogP contribution in [-0.4, -0.2) is 11.6 Å². The smallest absolute Gasteiger partial charge is 0.143 e. The van der Waals surface area contributed by atoms with E-state index in [4.69, 9.17) is 0 Å².